The van der Waals surface area contributed by atoms with Crippen LogP contribution in [0.15, 0.2) is 59.8 Å². The lowest BCUT2D eigenvalue weighted by molar-refractivity contribution is -0.113. The van der Waals surface area contributed by atoms with E-state index in [9.17, 15) is 19.5 Å². The summed E-state index contributed by atoms with van der Waals surface area (Å²) in [6.45, 7) is -0.379. The van der Waals surface area contributed by atoms with Gasteiger partial charge in [0.1, 0.15) is 6.04 Å². The average molecular weight is 455 g/mol. The molecule has 0 aliphatic heterocycles. The fourth-order valence-electron chi connectivity index (χ4n) is 2.84. The van der Waals surface area contributed by atoms with Gasteiger partial charge in [0.05, 0.1) is 17.9 Å². The Bertz CT molecular complexity index is 1120. The zero-order valence-corrected chi connectivity index (χ0v) is 17.9. The summed E-state index contributed by atoms with van der Waals surface area (Å²) in [6.07, 6.45) is 0. The van der Waals surface area contributed by atoms with E-state index >= 15 is 0 Å². The van der Waals surface area contributed by atoms with Crippen LogP contribution in [-0.2, 0) is 11.8 Å². The van der Waals surface area contributed by atoms with E-state index in [0.717, 1.165) is 11.8 Å². The molecule has 3 aromatic rings. The number of aromatic carboxylic acids is 1. The van der Waals surface area contributed by atoms with Gasteiger partial charge in [0.25, 0.3) is 5.91 Å². The molecule has 0 fully saturated rings. The fourth-order valence-corrected chi connectivity index (χ4v) is 3.55. The number of hydrogen-bond acceptors (Lipinski definition) is 7. The minimum atomic E-state index is -1.08. The molecule has 3 rings (SSSR count). The molecular formula is C21H21N5O5S. The number of aliphatic hydroxyl groups is 1. The number of carbonyl (C=O) groups excluding carboxylic acids is 2. The number of thioether (sulfide) groups is 1. The minimum absolute atomic E-state index is 0.00341. The number of carbonyl (C=O) groups is 3. The van der Waals surface area contributed by atoms with Crippen molar-refractivity contribution in [1.29, 1.82) is 0 Å². The zero-order chi connectivity index (χ0) is 23.1. The molecule has 0 aliphatic carbocycles. The van der Waals surface area contributed by atoms with Crippen molar-refractivity contribution in [2.75, 3.05) is 17.7 Å². The number of hydrogen-bond donors (Lipinski definition) is 4. The van der Waals surface area contributed by atoms with Gasteiger partial charge >= 0.3 is 5.97 Å². The highest BCUT2D eigenvalue weighted by Gasteiger charge is 2.22. The number of nitrogens with one attached hydrogen (secondary N) is 2. The molecule has 0 bridgehead atoms. The van der Waals surface area contributed by atoms with E-state index in [1.807, 2.05) is 0 Å². The van der Waals surface area contributed by atoms with E-state index < -0.39 is 12.0 Å². The van der Waals surface area contributed by atoms with Crippen molar-refractivity contribution in [3.05, 3.63) is 71.5 Å². The Balaban J connectivity index is 1.61. The SMILES string of the molecule is Cn1c(SCC(=O)Nc2cccc(C(=O)O)c2)nnc1[C@H](CO)NC(=O)c1ccccc1. The Kier molecular flexibility index (Phi) is 7.58. The van der Waals surface area contributed by atoms with Gasteiger partial charge in [0.2, 0.25) is 5.91 Å². The van der Waals surface area contributed by atoms with Gasteiger partial charge in [-0.05, 0) is 30.3 Å². The van der Waals surface area contributed by atoms with Gasteiger partial charge in [-0.15, -0.1) is 10.2 Å². The highest BCUT2D eigenvalue weighted by Crippen LogP contribution is 2.20. The smallest absolute Gasteiger partial charge is 0.335 e. The molecule has 10 nitrogen and oxygen atoms in total. The van der Waals surface area contributed by atoms with Crippen LogP contribution in [0.5, 0.6) is 0 Å². The van der Waals surface area contributed by atoms with Crippen molar-refractivity contribution in [3.63, 3.8) is 0 Å². The van der Waals surface area contributed by atoms with E-state index in [-0.39, 0.29) is 29.7 Å². The maximum Gasteiger partial charge on any atom is 0.335 e. The number of amides is 2. The van der Waals surface area contributed by atoms with Crippen molar-refractivity contribution in [2.45, 2.75) is 11.2 Å². The second-order valence-electron chi connectivity index (χ2n) is 6.70. The van der Waals surface area contributed by atoms with Crippen molar-refractivity contribution >= 4 is 35.2 Å². The summed E-state index contributed by atoms with van der Waals surface area (Å²) in [5.41, 5.74) is 0.894. The van der Waals surface area contributed by atoms with Crippen molar-refractivity contribution in [3.8, 4) is 0 Å². The topological polar surface area (TPSA) is 146 Å². The number of anilines is 1. The number of nitrogens with zero attached hydrogens (tertiary/aromatic N) is 3. The summed E-state index contributed by atoms with van der Waals surface area (Å²) >= 11 is 1.12. The number of carboxylic acids is 1. The zero-order valence-electron chi connectivity index (χ0n) is 17.1. The molecule has 32 heavy (non-hydrogen) atoms. The van der Waals surface area contributed by atoms with E-state index in [1.54, 1.807) is 54.1 Å². The highest BCUT2D eigenvalue weighted by molar-refractivity contribution is 7.99. The fraction of sp³-hybridized carbons (Fsp3) is 0.190. The predicted octanol–water partition coefficient (Wildman–Crippen LogP) is 1.71. The summed E-state index contributed by atoms with van der Waals surface area (Å²) in [5.74, 6) is -1.44. The van der Waals surface area contributed by atoms with Crippen LogP contribution >= 0.6 is 11.8 Å². The van der Waals surface area contributed by atoms with Crippen LogP contribution in [0.3, 0.4) is 0 Å². The van der Waals surface area contributed by atoms with Crippen molar-refractivity contribution in [2.24, 2.45) is 7.05 Å². The highest BCUT2D eigenvalue weighted by atomic mass is 32.2. The number of carboxylic acid groups (broad SMARTS) is 1. The molecule has 2 aromatic carbocycles. The lowest BCUT2D eigenvalue weighted by Crippen LogP contribution is -2.32. The predicted molar refractivity (Wildman–Crippen MR) is 117 cm³/mol. The van der Waals surface area contributed by atoms with Crippen LogP contribution in [0, 0.1) is 0 Å². The summed E-state index contributed by atoms with van der Waals surface area (Å²) in [7, 11) is 1.67. The standard InChI is InChI=1S/C21H21N5O5S/c1-26-18(16(11-27)23-19(29)13-6-3-2-4-7-13)24-25-21(26)32-12-17(28)22-15-9-5-8-14(10-15)20(30)31/h2-10,16,27H,11-12H2,1H3,(H,22,28)(H,23,29)(H,30,31)/t16-/m0/s1. The molecule has 166 valence electrons. The van der Waals surface area contributed by atoms with Gasteiger partial charge < -0.3 is 25.4 Å². The summed E-state index contributed by atoms with van der Waals surface area (Å²) < 4.78 is 1.59. The minimum Gasteiger partial charge on any atom is -0.478 e. The Morgan fingerprint density at radius 1 is 1.06 bits per heavy atom. The molecule has 0 saturated heterocycles. The van der Waals surface area contributed by atoms with Gasteiger partial charge in [-0.1, -0.05) is 36.0 Å². The molecule has 0 unspecified atom stereocenters. The Hall–Kier alpha value is -3.70. The van der Waals surface area contributed by atoms with E-state index in [0.29, 0.717) is 22.2 Å². The van der Waals surface area contributed by atoms with Crippen LogP contribution < -0.4 is 10.6 Å². The lowest BCUT2D eigenvalue weighted by Gasteiger charge is -2.16. The average Bonchev–Trinajstić information content (AvgIpc) is 3.16. The van der Waals surface area contributed by atoms with E-state index in [1.165, 1.54) is 12.1 Å². The normalized spacial score (nSPS) is 11.6. The van der Waals surface area contributed by atoms with Crippen LogP contribution in [-0.4, -0.2) is 55.1 Å². The van der Waals surface area contributed by atoms with E-state index in [2.05, 4.69) is 20.8 Å². The Morgan fingerprint density at radius 2 is 1.78 bits per heavy atom. The largest absolute Gasteiger partial charge is 0.478 e. The number of aliphatic hydroxyl groups excluding tert-OH is 1. The molecular weight excluding hydrogens is 434 g/mol. The Labute approximate surface area is 187 Å². The van der Waals surface area contributed by atoms with Crippen LogP contribution in [0.25, 0.3) is 0 Å². The molecule has 0 saturated carbocycles. The lowest BCUT2D eigenvalue weighted by atomic mass is 10.2. The third kappa shape index (κ3) is 5.71. The summed E-state index contributed by atoms with van der Waals surface area (Å²) in [6, 6.07) is 13.8. The molecule has 1 heterocycles. The molecule has 1 atom stereocenters. The quantitative estimate of drug-likeness (QED) is 0.357. The van der Waals surface area contributed by atoms with Crippen LogP contribution in [0.2, 0.25) is 0 Å². The monoisotopic (exact) mass is 455 g/mol. The second kappa shape index (κ2) is 10.6. The van der Waals surface area contributed by atoms with Gasteiger partial charge in [0.15, 0.2) is 11.0 Å². The summed E-state index contributed by atoms with van der Waals surface area (Å²) in [4.78, 5) is 35.7. The maximum absolute atomic E-state index is 12.4. The van der Waals surface area contributed by atoms with Crippen molar-refractivity contribution < 1.29 is 24.6 Å². The first kappa shape index (κ1) is 23.0. The first-order chi connectivity index (χ1) is 15.4. The molecule has 0 radical (unpaired) electrons. The third-order valence-corrected chi connectivity index (χ3v) is 5.45. The van der Waals surface area contributed by atoms with Gasteiger partial charge in [-0.25, -0.2) is 4.79 Å². The summed E-state index contributed by atoms with van der Waals surface area (Å²) in [5, 5.41) is 32.6. The van der Waals surface area contributed by atoms with Gasteiger partial charge in [-0.2, -0.15) is 0 Å². The molecule has 0 aliphatic rings. The molecule has 0 spiro atoms. The third-order valence-electron chi connectivity index (χ3n) is 4.43. The molecule has 4 N–H and O–H groups in total. The number of rotatable bonds is 9. The van der Waals surface area contributed by atoms with Crippen LogP contribution in [0.4, 0.5) is 5.69 Å². The van der Waals surface area contributed by atoms with Gasteiger partial charge in [-0.3, -0.25) is 9.59 Å². The first-order valence-corrected chi connectivity index (χ1v) is 10.5. The molecule has 2 amide bonds. The number of aromatic nitrogens is 3. The number of benzene rings is 2. The second-order valence-corrected chi connectivity index (χ2v) is 7.64. The van der Waals surface area contributed by atoms with Crippen molar-refractivity contribution in [1.82, 2.24) is 20.1 Å². The van der Waals surface area contributed by atoms with E-state index in [4.69, 9.17) is 5.11 Å². The Morgan fingerprint density at radius 3 is 2.47 bits per heavy atom. The molecule has 11 heteroatoms. The van der Waals surface area contributed by atoms with Gasteiger partial charge in [0, 0.05) is 18.3 Å². The van der Waals surface area contributed by atoms with Crippen LogP contribution in [0.1, 0.15) is 32.6 Å². The maximum atomic E-state index is 12.4. The first-order valence-electron chi connectivity index (χ1n) is 9.51. The molecule has 1 aromatic heterocycles.